The number of rotatable bonds is 6. The fraction of sp³-hybridized carbons (Fsp3) is 0.538. The van der Waals surface area contributed by atoms with Crippen molar-refractivity contribution in [3.63, 3.8) is 0 Å². The van der Waals surface area contributed by atoms with Crippen LogP contribution in [0.5, 0.6) is 0 Å². The zero-order valence-corrected chi connectivity index (χ0v) is 21.6. The highest BCUT2D eigenvalue weighted by Gasteiger charge is 2.62. The number of benzene rings is 1. The van der Waals surface area contributed by atoms with Crippen molar-refractivity contribution < 1.29 is 32.7 Å². The third-order valence-corrected chi connectivity index (χ3v) is 8.21. The topological polar surface area (TPSA) is 121 Å². The summed E-state index contributed by atoms with van der Waals surface area (Å²) in [4.78, 5) is 56.2. The molecule has 3 N–H and O–H groups in total. The summed E-state index contributed by atoms with van der Waals surface area (Å²) >= 11 is 6.24. The first kappa shape index (κ1) is 26.4. The van der Waals surface area contributed by atoms with Crippen LogP contribution in [-0.2, 0) is 19.1 Å². The quantitative estimate of drug-likeness (QED) is 0.478. The molecule has 3 fully saturated rings. The lowest BCUT2D eigenvalue weighted by molar-refractivity contribution is -0.156. The lowest BCUT2D eigenvalue weighted by Crippen LogP contribution is -2.52. The fourth-order valence-corrected chi connectivity index (χ4v) is 6.39. The molecule has 3 amide bonds. The van der Waals surface area contributed by atoms with Crippen LogP contribution in [0, 0.1) is 11.3 Å². The average molecular weight is 551 g/mol. The lowest BCUT2D eigenvalue weighted by Gasteiger charge is -2.44. The number of halogens is 3. The third-order valence-electron chi connectivity index (χ3n) is 7.90. The van der Waals surface area contributed by atoms with Gasteiger partial charge in [-0.3, -0.25) is 14.4 Å². The molecule has 1 aliphatic carbocycles. The van der Waals surface area contributed by atoms with Crippen LogP contribution in [-0.4, -0.2) is 71.8 Å². The molecule has 9 nitrogen and oxygen atoms in total. The summed E-state index contributed by atoms with van der Waals surface area (Å²) in [5, 5.41) is 6.51. The number of likely N-dealkylation sites (tertiary alicyclic amines) is 1. The van der Waals surface area contributed by atoms with Gasteiger partial charge in [0.25, 0.3) is 5.91 Å². The van der Waals surface area contributed by atoms with Crippen LogP contribution in [0.15, 0.2) is 24.3 Å². The second-order valence-corrected chi connectivity index (χ2v) is 11.1. The standard InChI is InChI=1S/C26H29ClF2N4O5/c1-38-24(37)18(9-15-5-3-7-30-21(15)34)32-22(35)19-10-25(11-26(28,29)12-25)13-33(19)23(36)17-8-14-4-2-6-16(27)20(14)31-17/h2,4,6,8,15,18-19,31H,3,5,7,9-13H2,1H3,(H,30,34)(H,32,35)/t15-,18-,19-/m0/s1. The van der Waals surface area contributed by atoms with E-state index in [0.717, 1.165) is 6.42 Å². The Morgan fingerprint density at radius 3 is 2.71 bits per heavy atom. The monoisotopic (exact) mass is 550 g/mol. The Balaban J connectivity index is 1.39. The number of para-hydroxylation sites is 1. The molecule has 3 aliphatic rings. The van der Waals surface area contributed by atoms with E-state index in [9.17, 15) is 28.0 Å². The Morgan fingerprint density at radius 2 is 2.05 bits per heavy atom. The van der Waals surface area contributed by atoms with Gasteiger partial charge in [-0.2, -0.15) is 0 Å². The van der Waals surface area contributed by atoms with E-state index < -0.39 is 60.0 Å². The number of piperidine rings is 1. The number of methoxy groups -OCH3 is 1. The highest BCUT2D eigenvalue weighted by Crippen LogP contribution is 2.58. The summed E-state index contributed by atoms with van der Waals surface area (Å²) in [7, 11) is 1.18. The summed E-state index contributed by atoms with van der Waals surface area (Å²) in [6.07, 6.45) is 0.538. The first-order chi connectivity index (χ1) is 18.0. The van der Waals surface area contributed by atoms with Gasteiger partial charge in [0.05, 0.1) is 17.6 Å². The first-order valence-electron chi connectivity index (χ1n) is 12.6. The third kappa shape index (κ3) is 4.95. The molecule has 12 heteroatoms. The Hall–Kier alpha value is -3.21. The molecule has 2 aliphatic heterocycles. The highest BCUT2D eigenvalue weighted by atomic mass is 35.5. The number of alkyl halides is 2. The number of ether oxygens (including phenoxy) is 1. The number of fused-ring (bicyclic) bond motifs is 1. The van der Waals surface area contributed by atoms with E-state index in [4.69, 9.17) is 16.3 Å². The van der Waals surface area contributed by atoms with Crippen LogP contribution in [0.25, 0.3) is 10.9 Å². The Labute approximate surface area is 222 Å². The molecule has 3 heterocycles. The first-order valence-corrected chi connectivity index (χ1v) is 13.0. The number of hydrogen-bond acceptors (Lipinski definition) is 5. The number of esters is 1. The molecule has 1 spiro atoms. The van der Waals surface area contributed by atoms with Crippen molar-refractivity contribution in [3.05, 3.63) is 35.0 Å². The molecule has 3 atom stereocenters. The predicted molar refractivity (Wildman–Crippen MR) is 134 cm³/mol. The molecular weight excluding hydrogens is 522 g/mol. The summed E-state index contributed by atoms with van der Waals surface area (Å²) in [5.41, 5.74) is -0.161. The van der Waals surface area contributed by atoms with Crippen molar-refractivity contribution in [2.45, 2.75) is 56.5 Å². The van der Waals surface area contributed by atoms with Crippen molar-refractivity contribution in [1.82, 2.24) is 20.5 Å². The maximum atomic E-state index is 13.9. The molecular formula is C26H29ClF2N4O5. The van der Waals surface area contributed by atoms with Gasteiger partial charge in [-0.1, -0.05) is 23.7 Å². The SMILES string of the molecule is COC(=O)[C@H](C[C@@H]1CCCNC1=O)NC(=O)[C@@H]1CC2(CN1C(=O)c1cc3cccc(Cl)c3[nH]1)CC(F)(F)C2. The summed E-state index contributed by atoms with van der Waals surface area (Å²) in [6, 6.07) is 4.60. The van der Waals surface area contributed by atoms with E-state index in [1.807, 2.05) is 0 Å². The molecule has 38 heavy (non-hydrogen) atoms. The average Bonchev–Trinajstić information content (AvgIpc) is 3.46. The highest BCUT2D eigenvalue weighted by molar-refractivity contribution is 6.35. The fourth-order valence-electron chi connectivity index (χ4n) is 6.16. The predicted octanol–water partition coefficient (Wildman–Crippen LogP) is 3.03. The van der Waals surface area contributed by atoms with Gasteiger partial charge in [-0.15, -0.1) is 0 Å². The van der Waals surface area contributed by atoms with E-state index in [0.29, 0.717) is 28.9 Å². The smallest absolute Gasteiger partial charge is 0.328 e. The van der Waals surface area contributed by atoms with E-state index in [2.05, 4.69) is 15.6 Å². The van der Waals surface area contributed by atoms with Gasteiger partial charge in [0.15, 0.2) is 0 Å². The van der Waals surface area contributed by atoms with E-state index in [-0.39, 0.29) is 31.0 Å². The maximum absolute atomic E-state index is 13.9. The molecule has 0 radical (unpaired) electrons. The van der Waals surface area contributed by atoms with Gasteiger partial charge in [0.2, 0.25) is 17.7 Å². The zero-order chi connectivity index (χ0) is 27.2. The largest absolute Gasteiger partial charge is 0.467 e. The molecule has 0 unspecified atom stereocenters. The molecule has 1 saturated carbocycles. The summed E-state index contributed by atoms with van der Waals surface area (Å²) < 4.78 is 32.7. The van der Waals surface area contributed by atoms with Gasteiger partial charge >= 0.3 is 5.97 Å². The number of amides is 3. The second kappa shape index (κ2) is 9.83. The molecule has 2 aromatic rings. The van der Waals surface area contributed by atoms with Crippen molar-refractivity contribution in [2.24, 2.45) is 11.3 Å². The normalized spacial score (nSPS) is 24.5. The zero-order valence-electron chi connectivity index (χ0n) is 20.8. The molecule has 1 aromatic carbocycles. The number of hydrogen-bond donors (Lipinski definition) is 3. The minimum absolute atomic E-state index is 0.0173. The van der Waals surface area contributed by atoms with Gasteiger partial charge in [-0.05, 0) is 37.8 Å². The molecule has 5 rings (SSSR count). The lowest BCUT2D eigenvalue weighted by atomic mass is 9.65. The van der Waals surface area contributed by atoms with E-state index in [1.54, 1.807) is 24.3 Å². The van der Waals surface area contributed by atoms with Crippen molar-refractivity contribution in [3.8, 4) is 0 Å². The van der Waals surface area contributed by atoms with Crippen LogP contribution < -0.4 is 10.6 Å². The van der Waals surface area contributed by atoms with Crippen LogP contribution in [0.2, 0.25) is 5.02 Å². The van der Waals surface area contributed by atoms with Crippen LogP contribution >= 0.6 is 11.6 Å². The summed E-state index contributed by atoms with van der Waals surface area (Å²) in [5.74, 6) is -5.43. The van der Waals surface area contributed by atoms with Gasteiger partial charge < -0.3 is 25.3 Å². The number of nitrogens with one attached hydrogen (secondary N) is 3. The molecule has 2 saturated heterocycles. The Morgan fingerprint density at radius 1 is 1.29 bits per heavy atom. The van der Waals surface area contributed by atoms with Crippen molar-refractivity contribution in [2.75, 3.05) is 20.2 Å². The van der Waals surface area contributed by atoms with Gasteiger partial charge in [-0.25, -0.2) is 13.6 Å². The number of carbonyl (C=O) groups excluding carboxylic acids is 4. The molecule has 0 bridgehead atoms. The second-order valence-electron chi connectivity index (χ2n) is 10.7. The number of aromatic nitrogens is 1. The minimum Gasteiger partial charge on any atom is -0.467 e. The van der Waals surface area contributed by atoms with Crippen molar-refractivity contribution in [1.29, 1.82) is 0 Å². The Kier molecular flexibility index (Phi) is 6.83. The van der Waals surface area contributed by atoms with Crippen LogP contribution in [0.3, 0.4) is 0 Å². The molecule has 204 valence electrons. The number of nitrogens with zero attached hydrogens (tertiary/aromatic N) is 1. The van der Waals surface area contributed by atoms with Gasteiger partial charge in [0, 0.05) is 42.7 Å². The minimum atomic E-state index is -2.85. The number of H-pyrrole nitrogens is 1. The number of aromatic amines is 1. The van der Waals surface area contributed by atoms with Crippen LogP contribution in [0.1, 0.15) is 49.0 Å². The van der Waals surface area contributed by atoms with E-state index >= 15 is 0 Å². The van der Waals surface area contributed by atoms with E-state index in [1.165, 1.54) is 12.0 Å². The van der Waals surface area contributed by atoms with Crippen LogP contribution in [0.4, 0.5) is 8.78 Å². The molecule has 1 aromatic heterocycles. The van der Waals surface area contributed by atoms with Crippen molar-refractivity contribution >= 4 is 46.2 Å². The maximum Gasteiger partial charge on any atom is 0.328 e. The summed E-state index contributed by atoms with van der Waals surface area (Å²) in [6.45, 7) is 0.534. The van der Waals surface area contributed by atoms with Gasteiger partial charge in [0.1, 0.15) is 17.8 Å². The number of carbonyl (C=O) groups is 4. The Bertz CT molecular complexity index is 1290.